The number of nitro groups is 1. The summed E-state index contributed by atoms with van der Waals surface area (Å²) in [6, 6.07) is 14.4. The fourth-order valence-electron chi connectivity index (χ4n) is 2.60. The van der Waals surface area contributed by atoms with E-state index in [0.717, 1.165) is 36.1 Å². The summed E-state index contributed by atoms with van der Waals surface area (Å²) in [5.41, 5.74) is 2.21. The lowest BCUT2D eigenvalue weighted by molar-refractivity contribution is -0.384. The lowest BCUT2D eigenvalue weighted by atomic mass is 10.1. The van der Waals surface area contributed by atoms with Crippen LogP contribution in [0.2, 0.25) is 0 Å². The highest BCUT2D eigenvalue weighted by Gasteiger charge is 2.06. The highest BCUT2D eigenvalue weighted by atomic mass is 32.2. The van der Waals surface area contributed by atoms with E-state index in [-0.39, 0.29) is 11.6 Å². The maximum absolute atomic E-state index is 12.0. The van der Waals surface area contributed by atoms with Gasteiger partial charge in [0.25, 0.3) is 5.69 Å². The van der Waals surface area contributed by atoms with Crippen molar-refractivity contribution in [1.29, 1.82) is 0 Å². The predicted molar refractivity (Wildman–Crippen MR) is 113 cm³/mol. The van der Waals surface area contributed by atoms with Gasteiger partial charge in [-0.2, -0.15) is 0 Å². The van der Waals surface area contributed by atoms with Crippen molar-refractivity contribution >= 4 is 23.4 Å². The molecular formula is C21H26N2O4S. The Morgan fingerprint density at radius 1 is 1.18 bits per heavy atom. The summed E-state index contributed by atoms with van der Waals surface area (Å²) >= 11 is 1.49. The quantitative estimate of drug-likeness (QED) is 0.324. The molecule has 6 nitrogen and oxygen atoms in total. The van der Waals surface area contributed by atoms with Crippen molar-refractivity contribution in [3.8, 4) is 5.75 Å². The molecule has 0 bridgehead atoms. The van der Waals surface area contributed by atoms with Crippen LogP contribution < -0.4 is 10.1 Å². The molecule has 0 aliphatic heterocycles. The molecule has 150 valence electrons. The van der Waals surface area contributed by atoms with Crippen molar-refractivity contribution in [2.24, 2.45) is 0 Å². The van der Waals surface area contributed by atoms with E-state index in [2.05, 4.69) is 18.3 Å². The third kappa shape index (κ3) is 7.60. The normalized spacial score (nSPS) is 10.5. The lowest BCUT2D eigenvalue weighted by Gasteiger charge is -2.11. The molecule has 0 atom stereocenters. The van der Waals surface area contributed by atoms with Gasteiger partial charge in [-0.25, -0.2) is 0 Å². The van der Waals surface area contributed by atoms with E-state index in [1.165, 1.54) is 23.9 Å². The van der Waals surface area contributed by atoms with Gasteiger partial charge in [0.05, 0.1) is 17.3 Å². The van der Waals surface area contributed by atoms with Gasteiger partial charge in [0.15, 0.2) is 0 Å². The van der Waals surface area contributed by atoms with Crippen LogP contribution in [0.25, 0.3) is 0 Å². The van der Waals surface area contributed by atoms with Crippen molar-refractivity contribution in [2.45, 2.75) is 31.9 Å². The summed E-state index contributed by atoms with van der Waals surface area (Å²) in [4.78, 5) is 22.2. The number of ether oxygens (including phenoxy) is 1. The minimum atomic E-state index is -0.418. The Labute approximate surface area is 169 Å². The molecule has 0 aliphatic carbocycles. The van der Waals surface area contributed by atoms with Crippen molar-refractivity contribution in [3.63, 3.8) is 0 Å². The molecule has 0 unspecified atom stereocenters. The molecule has 7 heteroatoms. The number of para-hydroxylation sites is 1. The highest BCUT2D eigenvalue weighted by molar-refractivity contribution is 7.99. The molecule has 1 amide bonds. The van der Waals surface area contributed by atoms with Gasteiger partial charge in [-0.3, -0.25) is 14.9 Å². The van der Waals surface area contributed by atoms with Crippen LogP contribution in [0.5, 0.6) is 5.75 Å². The zero-order chi connectivity index (χ0) is 20.2. The molecule has 2 rings (SSSR count). The van der Waals surface area contributed by atoms with Crippen LogP contribution in [0.3, 0.4) is 0 Å². The highest BCUT2D eigenvalue weighted by Crippen LogP contribution is 2.20. The Bertz CT molecular complexity index is 765. The topological polar surface area (TPSA) is 81.5 Å². The summed E-state index contributed by atoms with van der Waals surface area (Å²) in [5, 5.41) is 13.6. The van der Waals surface area contributed by atoms with Crippen molar-refractivity contribution in [2.75, 3.05) is 18.9 Å². The lowest BCUT2D eigenvalue weighted by Crippen LogP contribution is -2.26. The number of nitrogens with zero attached hydrogens (tertiary/aromatic N) is 1. The van der Waals surface area contributed by atoms with Gasteiger partial charge in [-0.1, -0.05) is 37.3 Å². The van der Waals surface area contributed by atoms with Crippen LogP contribution in [-0.4, -0.2) is 29.7 Å². The first-order chi connectivity index (χ1) is 13.6. The molecule has 2 aromatic carbocycles. The first kappa shape index (κ1) is 21.8. The summed E-state index contributed by atoms with van der Waals surface area (Å²) in [6.07, 6.45) is 2.68. The van der Waals surface area contributed by atoms with Gasteiger partial charge in [-0.15, -0.1) is 11.8 Å². The van der Waals surface area contributed by atoms with Gasteiger partial charge in [0.2, 0.25) is 5.91 Å². The van der Waals surface area contributed by atoms with Crippen LogP contribution in [0.15, 0.2) is 48.5 Å². The molecule has 0 heterocycles. The fourth-order valence-corrected chi connectivity index (χ4v) is 3.41. The number of rotatable bonds is 12. The third-order valence-electron chi connectivity index (χ3n) is 4.03. The van der Waals surface area contributed by atoms with Gasteiger partial charge in [0.1, 0.15) is 5.75 Å². The van der Waals surface area contributed by atoms with Gasteiger partial charge in [0, 0.05) is 24.4 Å². The van der Waals surface area contributed by atoms with Crippen LogP contribution in [0, 0.1) is 10.1 Å². The second kappa shape index (κ2) is 12.0. The number of nitrogens with one attached hydrogen (secondary N) is 1. The average molecular weight is 403 g/mol. The van der Waals surface area contributed by atoms with E-state index in [1.54, 1.807) is 12.1 Å². The van der Waals surface area contributed by atoms with Crippen LogP contribution >= 0.6 is 11.8 Å². The van der Waals surface area contributed by atoms with Gasteiger partial charge >= 0.3 is 0 Å². The number of carbonyl (C=O) groups excluding carboxylic acids is 1. The van der Waals surface area contributed by atoms with Crippen LogP contribution in [0.4, 0.5) is 5.69 Å². The standard InChI is InChI=1S/C21H26N2O4S/c1-2-14-27-20-8-4-3-6-18(20)7-5-13-22-21(24)16-28-15-17-9-11-19(12-10-17)23(25)26/h3-4,6,8-12H,2,5,7,13-16H2,1H3,(H,22,24). The van der Waals surface area contributed by atoms with E-state index in [1.807, 2.05) is 18.2 Å². The van der Waals surface area contributed by atoms with Crippen molar-refractivity contribution in [3.05, 3.63) is 69.8 Å². The zero-order valence-corrected chi connectivity index (χ0v) is 16.9. The second-order valence-electron chi connectivity index (χ2n) is 6.33. The number of benzene rings is 2. The molecule has 0 spiro atoms. The molecule has 0 saturated carbocycles. The van der Waals surface area contributed by atoms with Crippen LogP contribution in [-0.2, 0) is 17.0 Å². The number of non-ortho nitro benzene ring substituents is 1. The monoisotopic (exact) mass is 402 g/mol. The molecule has 0 saturated heterocycles. The number of aryl methyl sites for hydroxylation is 1. The summed E-state index contributed by atoms with van der Waals surface area (Å²) in [7, 11) is 0. The summed E-state index contributed by atoms with van der Waals surface area (Å²) in [6.45, 7) is 3.41. The Balaban J connectivity index is 1.63. The summed E-state index contributed by atoms with van der Waals surface area (Å²) < 4.78 is 5.75. The zero-order valence-electron chi connectivity index (χ0n) is 16.1. The van der Waals surface area contributed by atoms with E-state index in [4.69, 9.17) is 4.74 Å². The number of hydrogen-bond donors (Lipinski definition) is 1. The minimum Gasteiger partial charge on any atom is -0.493 e. The Hall–Kier alpha value is -2.54. The molecule has 0 aromatic heterocycles. The van der Waals surface area contributed by atoms with E-state index in [9.17, 15) is 14.9 Å². The van der Waals surface area contributed by atoms with E-state index < -0.39 is 4.92 Å². The number of amides is 1. The predicted octanol–water partition coefficient (Wildman–Crippen LogP) is 4.37. The Kier molecular flexibility index (Phi) is 9.34. The molecule has 0 radical (unpaired) electrons. The first-order valence-electron chi connectivity index (χ1n) is 9.38. The van der Waals surface area contributed by atoms with E-state index in [0.29, 0.717) is 24.7 Å². The molecular weight excluding hydrogens is 376 g/mol. The minimum absolute atomic E-state index is 0.00225. The Morgan fingerprint density at radius 3 is 2.64 bits per heavy atom. The van der Waals surface area contributed by atoms with Crippen molar-refractivity contribution in [1.82, 2.24) is 5.32 Å². The maximum Gasteiger partial charge on any atom is 0.269 e. The third-order valence-corrected chi connectivity index (χ3v) is 5.03. The molecule has 0 fully saturated rings. The van der Waals surface area contributed by atoms with Gasteiger partial charge < -0.3 is 10.1 Å². The SMILES string of the molecule is CCCOc1ccccc1CCCNC(=O)CSCc1ccc([N+](=O)[O-])cc1. The number of carbonyl (C=O) groups is 1. The molecule has 1 N–H and O–H groups in total. The largest absolute Gasteiger partial charge is 0.493 e. The van der Waals surface area contributed by atoms with Crippen LogP contribution in [0.1, 0.15) is 30.9 Å². The first-order valence-corrected chi connectivity index (χ1v) is 10.5. The summed E-state index contributed by atoms with van der Waals surface area (Å²) in [5.74, 6) is 1.94. The second-order valence-corrected chi connectivity index (χ2v) is 7.31. The number of nitro benzene ring substituents is 1. The molecule has 2 aromatic rings. The van der Waals surface area contributed by atoms with Gasteiger partial charge in [-0.05, 0) is 36.5 Å². The van der Waals surface area contributed by atoms with Crippen molar-refractivity contribution < 1.29 is 14.5 Å². The fraction of sp³-hybridized carbons (Fsp3) is 0.381. The Morgan fingerprint density at radius 2 is 1.93 bits per heavy atom. The van der Waals surface area contributed by atoms with E-state index >= 15 is 0 Å². The molecule has 0 aliphatic rings. The average Bonchev–Trinajstić information content (AvgIpc) is 2.70. The maximum atomic E-state index is 12.0. The number of hydrogen-bond acceptors (Lipinski definition) is 5. The number of thioether (sulfide) groups is 1. The smallest absolute Gasteiger partial charge is 0.269 e. The molecule has 28 heavy (non-hydrogen) atoms.